The monoisotopic (exact) mass is 525 g/mol. The summed E-state index contributed by atoms with van der Waals surface area (Å²) in [5.74, 6) is -2.05. The molecule has 0 atom stereocenters. The Balaban J connectivity index is 1.33. The first-order valence-electron chi connectivity index (χ1n) is 10.2. The minimum Gasteiger partial charge on any atom is -0.422 e. The summed E-state index contributed by atoms with van der Waals surface area (Å²) in [4.78, 5) is 36.9. The summed E-state index contributed by atoms with van der Waals surface area (Å²) in [6, 6.07) is 18.9. The van der Waals surface area contributed by atoms with Gasteiger partial charge in [-0.1, -0.05) is 47.5 Å². The van der Waals surface area contributed by atoms with Gasteiger partial charge in [-0.3, -0.25) is 9.59 Å². The van der Waals surface area contributed by atoms with Crippen molar-refractivity contribution in [2.24, 2.45) is 5.10 Å². The third kappa shape index (κ3) is 5.68. The summed E-state index contributed by atoms with van der Waals surface area (Å²) in [5, 5.41) is 7.91. The number of fused-ring (bicyclic) bond motifs is 1. The Labute approximate surface area is 214 Å². The lowest BCUT2D eigenvalue weighted by Gasteiger charge is -2.08. The first kappa shape index (κ1) is 24.4. The fourth-order valence-corrected chi connectivity index (χ4v) is 4.62. The zero-order valence-corrected chi connectivity index (χ0v) is 20.5. The molecule has 3 aromatic carbocycles. The topological polar surface area (TPSA) is 96.9 Å². The van der Waals surface area contributed by atoms with Gasteiger partial charge in [-0.25, -0.2) is 10.2 Å². The van der Waals surface area contributed by atoms with E-state index in [-0.39, 0.29) is 0 Å². The number of ether oxygens (including phenoxy) is 1. The summed E-state index contributed by atoms with van der Waals surface area (Å²) in [6.45, 7) is 1.73. The third-order valence-electron chi connectivity index (χ3n) is 4.91. The molecular formula is C25H17Cl2N3O4S. The number of thiophene rings is 1. The summed E-state index contributed by atoms with van der Waals surface area (Å²) in [5.41, 5.74) is 3.85. The number of carbonyl (C=O) groups excluding carboxylic acids is 3. The first-order chi connectivity index (χ1) is 16.8. The van der Waals surface area contributed by atoms with Gasteiger partial charge in [0.25, 0.3) is 0 Å². The van der Waals surface area contributed by atoms with Crippen molar-refractivity contribution in [2.45, 2.75) is 6.92 Å². The van der Waals surface area contributed by atoms with Gasteiger partial charge in [-0.2, -0.15) is 5.10 Å². The van der Waals surface area contributed by atoms with Gasteiger partial charge in [0.2, 0.25) is 0 Å². The number of amides is 2. The number of nitrogens with zero attached hydrogens (tertiary/aromatic N) is 1. The number of hydrogen-bond acceptors (Lipinski definition) is 6. The molecule has 0 saturated heterocycles. The van der Waals surface area contributed by atoms with Crippen LogP contribution in [0.3, 0.4) is 0 Å². The highest BCUT2D eigenvalue weighted by Gasteiger charge is 2.19. The van der Waals surface area contributed by atoms with Crippen molar-refractivity contribution in [3.05, 3.63) is 92.8 Å². The predicted molar refractivity (Wildman–Crippen MR) is 139 cm³/mol. The maximum absolute atomic E-state index is 12.6. The SMILES string of the molecule is Cc1c(Cl)cccc1NC(=O)C(=O)NN=Cc1ccc(OC(=O)c2sc3ccccc3c2Cl)cc1. The molecule has 2 N–H and O–H groups in total. The molecule has 10 heteroatoms. The summed E-state index contributed by atoms with van der Waals surface area (Å²) < 4.78 is 6.32. The molecule has 1 heterocycles. The lowest BCUT2D eigenvalue weighted by atomic mass is 10.2. The number of nitrogens with one attached hydrogen (secondary N) is 2. The van der Waals surface area contributed by atoms with Crippen LogP contribution in [0.25, 0.3) is 10.1 Å². The highest BCUT2D eigenvalue weighted by atomic mass is 35.5. The maximum Gasteiger partial charge on any atom is 0.355 e. The van der Waals surface area contributed by atoms with Crippen molar-refractivity contribution in [3.63, 3.8) is 0 Å². The van der Waals surface area contributed by atoms with E-state index in [1.54, 1.807) is 49.4 Å². The van der Waals surface area contributed by atoms with E-state index in [0.29, 0.717) is 37.5 Å². The lowest BCUT2D eigenvalue weighted by Crippen LogP contribution is -2.32. The van der Waals surface area contributed by atoms with Gasteiger partial charge in [0.05, 0.1) is 11.2 Å². The fourth-order valence-electron chi connectivity index (χ4n) is 3.06. The quantitative estimate of drug-likeness (QED) is 0.113. The molecule has 176 valence electrons. The van der Waals surface area contributed by atoms with Crippen LogP contribution in [0.5, 0.6) is 5.75 Å². The Morgan fingerprint density at radius 2 is 1.69 bits per heavy atom. The molecule has 2 amide bonds. The van der Waals surface area contributed by atoms with Crippen LogP contribution >= 0.6 is 34.5 Å². The maximum atomic E-state index is 12.6. The molecule has 4 rings (SSSR count). The van der Waals surface area contributed by atoms with Crippen molar-refractivity contribution in [1.82, 2.24) is 5.43 Å². The smallest absolute Gasteiger partial charge is 0.355 e. The van der Waals surface area contributed by atoms with E-state index in [0.717, 1.165) is 10.1 Å². The van der Waals surface area contributed by atoms with Crippen LogP contribution in [0.1, 0.15) is 20.8 Å². The van der Waals surface area contributed by atoms with Gasteiger partial charge >= 0.3 is 17.8 Å². The number of halogens is 2. The summed E-state index contributed by atoms with van der Waals surface area (Å²) in [7, 11) is 0. The standard InChI is InChI=1S/C25H17Cl2N3O4S/c1-14-18(26)6-4-7-19(14)29-23(31)24(32)30-28-13-15-9-11-16(12-10-15)34-25(33)22-21(27)17-5-2-3-8-20(17)35-22/h2-13H,1H3,(H,29,31)(H,30,32). The van der Waals surface area contributed by atoms with E-state index in [1.165, 1.54) is 17.6 Å². The van der Waals surface area contributed by atoms with Gasteiger partial charge in [0, 0.05) is 20.8 Å². The van der Waals surface area contributed by atoms with Crippen molar-refractivity contribution >= 4 is 74.3 Å². The number of hydrogen-bond donors (Lipinski definition) is 2. The van der Waals surface area contributed by atoms with E-state index in [1.807, 2.05) is 24.3 Å². The molecule has 0 radical (unpaired) electrons. The number of esters is 1. The zero-order chi connectivity index (χ0) is 24.9. The molecule has 4 aromatic rings. The molecule has 0 aliphatic rings. The second kappa shape index (κ2) is 10.7. The van der Waals surface area contributed by atoms with Gasteiger partial charge in [0.1, 0.15) is 10.6 Å². The number of rotatable bonds is 5. The van der Waals surface area contributed by atoms with Crippen LogP contribution in [0, 0.1) is 6.92 Å². The lowest BCUT2D eigenvalue weighted by molar-refractivity contribution is -0.136. The van der Waals surface area contributed by atoms with Crippen LogP contribution in [-0.2, 0) is 9.59 Å². The Hall–Kier alpha value is -3.72. The Bertz CT molecular complexity index is 1470. The molecule has 0 fully saturated rings. The molecule has 0 bridgehead atoms. The van der Waals surface area contributed by atoms with Gasteiger partial charge < -0.3 is 10.1 Å². The molecule has 7 nitrogen and oxygen atoms in total. The number of benzene rings is 3. The highest BCUT2D eigenvalue weighted by molar-refractivity contribution is 7.21. The van der Waals surface area contributed by atoms with E-state index in [2.05, 4.69) is 15.8 Å². The van der Waals surface area contributed by atoms with Gasteiger partial charge in [-0.15, -0.1) is 11.3 Å². The minimum atomic E-state index is -0.939. The Kier molecular flexibility index (Phi) is 7.45. The molecule has 0 aliphatic carbocycles. The van der Waals surface area contributed by atoms with E-state index in [9.17, 15) is 14.4 Å². The van der Waals surface area contributed by atoms with Crippen LogP contribution in [0.15, 0.2) is 71.8 Å². The summed E-state index contributed by atoms with van der Waals surface area (Å²) in [6.07, 6.45) is 1.35. The molecule has 0 unspecified atom stereocenters. The predicted octanol–water partition coefficient (Wildman–Crippen LogP) is 5.82. The third-order valence-corrected chi connectivity index (χ3v) is 6.98. The second-order valence-corrected chi connectivity index (χ2v) is 9.10. The second-order valence-electron chi connectivity index (χ2n) is 7.27. The molecule has 35 heavy (non-hydrogen) atoms. The highest BCUT2D eigenvalue weighted by Crippen LogP contribution is 2.35. The summed E-state index contributed by atoms with van der Waals surface area (Å²) >= 11 is 13.6. The average Bonchev–Trinajstić information content (AvgIpc) is 3.19. The van der Waals surface area contributed by atoms with Crippen LogP contribution in [-0.4, -0.2) is 24.0 Å². The van der Waals surface area contributed by atoms with Crippen LogP contribution in [0.4, 0.5) is 5.69 Å². The van der Waals surface area contributed by atoms with Crippen molar-refractivity contribution in [2.75, 3.05) is 5.32 Å². The largest absolute Gasteiger partial charge is 0.422 e. The Morgan fingerprint density at radius 3 is 2.43 bits per heavy atom. The van der Waals surface area contributed by atoms with Gasteiger partial charge in [0.15, 0.2) is 0 Å². The zero-order valence-electron chi connectivity index (χ0n) is 18.2. The van der Waals surface area contributed by atoms with E-state index < -0.39 is 17.8 Å². The van der Waals surface area contributed by atoms with E-state index in [4.69, 9.17) is 27.9 Å². The number of carbonyl (C=O) groups is 3. The number of hydrazone groups is 1. The molecule has 0 saturated carbocycles. The normalized spacial score (nSPS) is 10.9. The van der Waals surface area contributed by atoms with Crippen molar-refractivity contribution in [1.29, 1.82) is 0 Å². The molecule has 0 spiro atoms. The van der Waals surface area contributed by atoms with E-state index >= 15 is 0 Å². The van der Waals surface area contributed by atoms with Crippen LogP contribution in [0.2, 0.25) is 10.0 Å². The molecule has 0 aliphatic heterocycles. The minimum absolute atomic E-state index is 0.320. The Morgan fingerprint density at radius 1 is 0.943 bits per heavy atom. The number of anilines is 1. The fraction of sp³-hybridized carbons (Fsp3) is 0.0400. The average molecular weight is 526 g/mol. The van der Waals surface area contributed by atoms with Crippen molar-refractivity contribution < 1.29 is 19.1 Å². The first-order valence-corrected chi connectivity index (χ1v) is 11.8. The van der Waals surface area contributed by atoms with Gasteiger partial charge in [-0.05, 0) is 60.5 Å². The van der Waals surface area contributed by atoms with Crippen LogP contribution < -0.4 is 15.5 Å². The molecule has 1 aromatic heterocycles. The van der Waals surface area contributed by atoms with Crippen molar-refractivity contribution in [3.8, 4) is 5.75 Å². The molecular weight excluding hydrogens is 509 g/mol.